The monoisotopic (exact) mass is 316 g/mol. The van der Waals surface area contributed by atoms with Gasteiger partial charge in [-0.1, -0.05) is 6.92 Å². The van der Waals surface area contributed by atoms with Gasteiger partial charge >= 0.3 is 12.0 Å². The molecule has 0 unspecified atom stereocenters. The molecule has 0 bridgehead atoms. The maximum Gasteiger partial charge on any atom is 0.358 e. The molecule has 0 radical (unpaired) electrons. The molecule has 0 aliphatic carbocycles. The summed E-state index contributed by atoms with van der Waals surface area (Å²) in [6.45, 7) is 4.68. The van der Waals surface area contributed by atoms with E-state index in [1.54, 1.807) is 48.1 Å². The highest BCUT2D eigenvalue weighted by Gasteiger charge is 2.10. The third-order valence-corrected chi connectivity index (χ3v) is 3.00. The topological polar surface area (TPSA) is 85.2 Å². The minimum atomic E-state index is -0.447. The van der Waals surface area contributed by atoms with E-state index in [9.17, 15) is 9.59 Å². The van der Waals surface area contributed by atoms with E-state index in [4.69, 9.17) is 4.74 Å². The summed E-state index contributed by atoms with van der Waals surface area (Å²) < 4.78 is 6.48. The number of nitrogens with one attached hydrogen (secondary N) is 2. The fraction of sp³-hybridized carbons (Fsp3) is 0.312. The quantitative estimate of drug-likeness (QED) is 0.802. The molecule has 0 atom stereocenters. The van der Waals surface area contributed by atoms with E-state index in [0.29, 0.717) is 18.8 Å². The Morgan fingerprint density at radius 2 is 1.91 bits per heavy atom. The Hall–Kier alpha value is -2.83. The maximum atomic E-state index is 11.6. The molecule has 23 heavy (non-hydrogen) atoms. The van der Waals surface area contributed by atoms with E-state index < -0.39 is 5.97 Å². The lowest BCUT2D eigenvalue weighted by molar-refractivity contribution is 0.0519. The molecule has 0 aliphatic rings. The van der Waals surface area contributed by atoms with Gasteiger partial charge in [0, 0.05) is 18.4 Å². The summed E-state index contributed by atoms with van der Waals surface area (Å²) in [5.74, 6) is -0.447. The number of esters is 1. The normalized spacial score (nSPS) is 10.2. The largest absolute Gasteiger partial charge is 0.461 e. The van der Waals surface area contributed by atoms with Gasteiger partial charge in [-0.05, 0) is 43.7 Å². The standard InChI is InChI=1S/C16H20N4O3/c1-3-10-17-16(22)18-12-5-7-13(8-6-12)20-11-9-14(19-20)15(21)23-4-2/h5-9,11H,3-4,10H2,1-2H3,(H2,17,18,22). The van der Waals surface area contributed by atoms with Crippen molar-refractivity contribution in [3.8, 4) is 5.69 Å². The average Bonchev–Trinajstić information content (AvgIpc) is 3.04. The maximum absolute atomic E-state index is 11.6. The van der Waals surface area contributed by atoms with Crippen LogP contribution in [0.3, 0.4) is 0 Å². The molecule has 0 saturated carbocycles. The number of benzene rings is 1. The molecule has 2 rings (SSSR count). The fourth-order valence-electron chi connectivity index (χ4n) is 1.89. The number of ether oxygens (including phenoxy) is 1. The average molecular weight is 316 g/mol. The Morgan fingerprint density at radius 3 is 2.57 bits per heavy atom. The Kier molecular flexibility index (Phi) is 5.74. The van der Waals surface area contributed by atoms with Crippen LogP contribution >= 0.6 is 0 Å². The van der Waals surface area contributed by atoms with E-state index in [2.05, 4.69) is 15.7 Å². The van der Waals surface area contributed by atoms with Crippen molar-refractivity contribution in [3.63, 3.8) is 0 Å². The summed E-state index contributed by atoms with van der Waals surface area (Å²) in [5, 5.41) is 9.65. The van der Waals surface area contributed by atoms with Gasteiger partial charge in [0.2, 0.25) is 0 Å². The van der Waals surface area contributed by atoms with Gasteiger partial charge in [0.15, 0.2) is 5.69 Å². The van der Waals surface area contributed by atoms with Gasteiger partial charge in [0.1, 0.15) is 0 Å². The van der Waals surface area contributed by atoms with Crippen LogP contribution in [0.5, 0.6) is 0 Å². The smallest absolute Gasteiger partial charge is 0.358 e. The molecule has 1 aromatic carbocycles. The number of aromatic nitrogens is 2. The number of rotatable bonds is 6. The number of hydrogen-bond donors (Lipinski definition) is 2. The fourth-order valence-corrected chi connectivity index (χ4v) is 1.89. The highest BCUT2D eigenvalue weighted by molar-refractivity contribution is 5.89. The third kappa shape index (κ3) is 4.57. The van der Waals surface area contributed by atoms with Crippen LogP contribution in [0.4, 0.5) is 10.5 Å². The van der Waals surface area contributed by atoms with Gasteiger partial charge in [-0.15, -0.1) is 0 Å². The number of amides is 2. The zero-order valence-corrected chi connectivity index (χ0v) is 13.2. The van der Waals surface area contributed by atoms with E-state index in [1.165, 1.54) is 0 Å². The summed E-state index contributed by atoms with van der Waals surface area (Å²) in [7, 11) is 0. The Bertz CT molecular complexity index is 664. The second kappa shape index (κ2) is 7.98. The number of hydrogen-bond acceptors (Lipinski definition) is 4. The molecule has 7 heteroatoms. The van der Waals surface area contributed by atoms with Crippen LogP contribution < -0.4 is 10.6 Å². The van der Waals surface area contributed by atoms with Crippen molar-refractivity contribution < 1.29 is 14.3 Å². The molecule has 122 valence electrons. The lowest BCUT2D eigenvalue weighted by Gasteiger charge is -2.07. The molecule has 0 saturated heterocycles. The first-order valence-electron chi connectivity index (χ1n) is 7.52. The first kappa shape index (κ1) is 16.5. The molecular weight excluding hydrogens is 296 g/mol. The number of urea groups is 1. The molecule has 0 aliphatic heterocycles. The molecular formula is C16H20N4O3. The SMILES string of the molecule is CCCNC(=O)Nc1ccc(-n2ccc(C(=O)OCC)n2)cc1. The van der Waals surface area contributed by atoms with Crippen molar-refractivity contribution in [2.24, 2.45) is 0 Å². The predicted octanol–water partition coefficient (Wildman–Crippen LogP) is 2.58. The van der Waals surface area contributed by atoms with Crippen LogP contribution in [0.15, 0.2) is 36.5 Å². The Labute approximate surface area is 134 Å². The highest BCUT2D eigenvalue weighted by atomic mass is 16.5. The van der Waals surface area contributed by atoms with Crippen molar-refractivity contribution in [2.45, 2.75) is 20.3 Å². The van der Waals surface area contributed by atoms with Crippen molar-refractivity contribution in [1.82, 2.24) is 15.1 Å². The van der Waals surface area contributed by atoms with Crippen molar-refractivity contribution in [1.29, 1.82) is 0 Å². The molecule has 1 aromatic heterocycles. The van der Waals surface area contributed by atoms with Gasteiger partial charge < -0.3 is 15.4 Å². The third-order valence-electron chi connectivity index (χ3n) is 3.00. The second-order valence-electron chi connectivity index (χ2n) is 4.79. The second-order valence-corrected chi connectivity index (χ2v) is 4.79. The zero-order chi connectivity index (χ0) is 16.7. The first-order valence-corrected chi connectivity index (χ1v) is 7.52. The molecule has 0 fully saturated rings. The van der Waals surface area contributed by atoms with E-state index >= 15 is 0 Å². The van der Waals surface area contributed by atoms with E-state index in [0.717, 1.165) is 12.1 Å². The molecule has 2 N–H and O–H groups in total. The summed E-state index contributed by atoms with van der Waals surface area (Å²) >= 11 is 0. The van der Waals surface area contributed by atoms with Gasteiger partial charge in [-0.2, -0.15) is 5.10 Å². The van der Waals surface area contributed by atoms with Crippen LogP contribution in [0.2, 0.25) is 0 Å². The Balaban J connectivity index is 2.02. The summed E-state index contributed by atoms with van der Waals surface area (Å²) in [5.41, 5.74) is 1.72. The molecule has 7 nitrogen and oxygen atoms in total. The van der Waals surface area contributed by atoms with Crippen molar-refractivity contribution in [3.05, 3.63) is 42.2 Å². The van der Waals surface area contributed by atoms with Crippen molar-refractivity contribution >= 4 is 17.7 Å². The summed E-state index contributed by atoms with van der Waals surface area (Å²) in [6, 6.07) is 8.51. The van der Waals surface area contributed by atoms with E-state index in [1.807, 2.05) is 6.92 Å². The Morgan fingerprint density at radius 1 is 1.17 bits per heavy atom. The van der Waals surface area contributed by atoms with Crippen LogP contribution in [0, 0.1) is 0 Å². The van der Waals surface area contributed by atoms with Crippen LogP contribution in [0.1, 0.15) is 30.8 Å². The van der Waals surface area contributed by atoms with Crippen LogP contribution in [0.25, 0.3) is 5.69 Å². The summed E-state index contributed by atoms with van der Waals surface area (Å²) in [6.07, 6.45) is 2.57. The lowest BCUT2D eigenvalue weighted by Crippen LogP contribution is -2.29. The molecule has 2 amide bonds. The highest BCUT2D eigenvalue weighted by Crippen LogP contribution is 2.13. The van der Waals surface area contributed by atoms with Gasteiger partial charge in [0.25, 0.3) is 0 Å². The van der Waals surface area contributed by atoms with Crippen LogP contribution in [-0.4, -0.2) is 34.9 Å². The van der Waals surface area contributed by atoms with Gasteiger partial charge in [-0.25, -0.2) is 14.3 Å². The number of carbonyl (C=O) groups excluding carboxylic acids is 2. The number of carbonyl (C=O) groups is 2. The lowest BCUT2D eigenvalue weighted by atomic mass is 10.3. The van der Waals surface area contributed by atoms with Crippen molar-refractivity contribution in [2.75, 3.05) is 18.5 Å². The molecule has 0 spiro atoms. The van der Waals surface area contributed by atoms with Crippen LogP contribution in [-0.2, 0) is 4.74 Å². The molecule has 2 aromatic rings. The number of nitrogens with zero attached hydrogens (tertiary/aromatic N) is 2. The van der Waals surface area contributed by atoms with E-state index in [-0.39, 0.29) is 11.7 Å². The van der Waals surface area contributed by atoms with Gasteiger partial charge in [0.05, 0.1) is 12.3 Å². The zero-order valence-electron chi connectivity index (χ0n) is 13.2. The predicted molar refractivity (Wildman–Crippen MR) is 86.8 cm³/mol. The minimum Gasteiger partial charge on any atom is -0.461 e. The first-order chi connectivity index (χ1) is 11.1. The summed E-state index contributed by atoms with van der Waals surface area (Å²) in [4.78, 5) is 23.2. The number of anilines is 1. The molecule has 1 heterocycles. The van der Waals surface area contributed by atoms with Gasteiger partial charge in [-0.3, -0.25) is 0 Å². The minimum absolute atomic E-state index is 0.233.